The minimum Gasteiger partial charge on any atom is -0.508 e. The molecule has 2 aromatic carbocycles. The highest BCUT2D eigenvalue weighted by Gasteiger charge is 2.25. The number of Topliss-reactive ketones (excluding diaryl/α,β-unsaturated/α-hetero) is 1. The van der Waals surface area contributed by atoms with Crippen molar-refractivity contribution in [3.63, 3.8) is 0 Å². The van der Waals surface area contributed by atoms with E-state index in [2.05, 4.69) is 6.58 Å². The maximum absolute atomic E-state index is 12.8. The predicted molar refractivity (Wildman–Crippen MR) is 113 cm³/mol. The molecule has 2 aromatic rings. The molecule has 0 saturated heterocycles. The Morgan fingerprint density at radius 1 is 1.00 bits per heavy atom. The molecule has 150 valence electrons. The van der Waals surface area contributed by atoms with E-state index >= 15 is 0 Å². The zero-order valence-electron chi connectivity index (χ0n) is 16.9. The van der Waals surface area contributed by atoms with E-state index in [0.29, 0.717) is 25.2 Å². The molecule has 0 aliphatic rings. The van der Waals surface area contributed by atoms with Crippen LogP contribution in [0.2, 0.25) is 0 Å². The van der Waals surface area contributed by atoms with Crippen LogP contribution in [0.25, 0.3) is 5.76 Å². The minimum atomic E-state index is -0.446. The monoisotopic (exact) mass is 382 g/mol. The van der Waals surface area contributed by atoms with Crippen LogP contribution in [-0.2, 0) is 9.53 Å². The molecule has 0 heterocycles. The Morgan fingerprint density at radius 2 is 1.64 bits per heavy atom. The smallest absolute Gasteiger partial charge is 0.162 e. The number of ketones is 1. The fraction of sp³-hybridized carbons (Fsp3) is 0.375. The molecule has 4 nitrogen and oxygen atoms in total. The first-order valence-electron chi connectivity index (χ1n) is 9.69. The van der Waals surface area contributed by atoms with Crippen LogP contribution in [0.5, 0.6) is 5.75 Å². The van der Waals surface area contributed by atoms with E-state index < -0.39 is 6.10 Å². The Hall–Kier alpha value is -2.59. The minimum absolute atomic E-state index is 0.0428. The molecule has 0 radical (unpaired) electrons. The van der Waals surface area contributed by atoms with E-state index in [9.17, 15) is 9.90 Å². The van der Waals surface area contributed by atoms with E-state index in [1.165, 1.54) is 0 Å². The van der Waals surface area contributed by atoms with Crippen molar-refractivity contribution >= 4 is 11.5 Å². The molecule has 2 rings (SSSR count). The topological polar surface area (TPSA) is 55.8 Å². The molecule has 0 fully saturated rings. The highest BCUT2D eigenvalue weighted by molar-refractivity contribution is 5.84. The third-order valence-corrected chi connectivity index (χ3v) is 4.64. The summed E-state index contributed by atoms with van der Waals surface area (Å²) in [5, 5.41) is 9.43. The summed E-state index contributed by atoms with van der Waals surface area (Å²) in [6.07, 6.45) is -0.0414. The van der Waals surface area contributed by atoms with Gasteiger partial charge in [-0.2, -0.15) is 0 Å². The summed E-state index contributed by atoms with van der Waals surface area (Å²) in [5.74, 6) is 1.09. The number of aliphatic hydroxyl groups is 1. The zero-order chi connectivity index (χ0) is 20.5. The molecule has 4 heteroatoms. The average molecular weight is 382 g/mol. The lowest BCUT2D eigenvalue weighted by Crippen LogP contribution is -2.32. The van der Waals surface area contributed by atoms with Crippen LogP contribution in [0.15, 0.2) is 61.2 Å². The van der Waals surface area contributed by atoms with Gasteiger partial charge in [0.05, 0.1) is 6.61 Å². The number of carbonyl (C=O) groups excluding carboxylic acids is 1. The number of aliphatic hydroxyl groups excluding tert-OH is 1. The first kappa shape index (κ1) is 21.7. The van der Waals surface area contributed by atoms with Crippen LogP contribution >= 0.6 is 0 Å². The summed E-state index contributed by atoms with van der Waals surface area (Å²) < 4.78 is 11.5. The van der Waals surface area contributed by atoms with Crippen molar-refractivity contribution in [2.24, 2.45) is 5.92 Å². The van der Waals surface area contributed by atoms with Crippen LogP contribution in [0.3, 0.4) is 0 Å². The van der Waals surface area contributed by atoms with Crippen LogP contribution in [0, 0.1) is 5.92 Å². The van der Waals surface area contributed by atoms with Gasteiger partial charge in [-0.1, -0.05) is 69.8 Å². The first-order chi connectivity index (χ1) is 13.4. The second-order valence-corrected chi connectivity index (χ2v) is 7.34. The molecule has 1 N–H and O–H groups in total. The number of rotatable bonds is 11. The van der Waals surface area contributed by atoms with Gasteiger partial charge in [0.25, 0.3) is 0 Å². The van der Waals surface area contributed by atoms with Crippen LogP contribution in [0.1, 0.15) is 44.2 Å². The lowest BCUT2D eigenvalue weighted by atomic mass is 9.90. The van der Waals surface area contributed by atoms with Gasteiger partial charge in [0.1, 0.15) is 24.2 Å². The second kappa shape index (κ2) is 10.7. The molecule has 0 saturated carbocycles. The summed E-state index contributed by atoms with van der Waals surface area (Å²) >= 11 is 0. The van der Waals surface area contributed by atoms with Crippen molar-refractivity contribution in [1.82, 2.24) is 0 Å². The normalized spacial score (nSPS) is 13.1. The molecule has 28 heavy (non-hydrogen) atoms. The zero-order valence-corrected chi connectivity index (χ0v) is 16.9. The van der Waals surface area contributed by atoms with Crippen LogP contribution < -0.4 is 4.74 Å². The standard InChI is InChI=1S/C24H30O4/c1-17(2)24(28-15-14-27-22-8-6-5-7-9-22)23(26)16-18(3)20-10-12-21(13-11-20)19(4)25/h5-13,17-18,24-25H,4,14-16H2,1-3H3/t18-,24-/m1/s1. The van der Waals surface area contributed by atoms with Gasteiger partial charge in [-0.15, -0.1) is 0 Å². The lowest BCUT2D eigenvalue weighted by molar-refractivity contribution is -0.134. The van der Waals surface area contributed by atoms with Gasteiger partial charge in [-0.3, -0.25) is 4.79 Å². The fourth-order valence-corrected chi connectivity index (χ4v) is 3.05. The van der Waals surface area contributed by atoms with Gasteiger partial charge in [0.2, 0.25) is 0 Å². The van der Waals surface area contributed by atoms with Crippen molar-refractivity contribution in [3.05, 3.63) is 72.3 Å². The number of carbonyl (C=O) groups is 1. The number of hydrogen-bond donors (Lipinski definition) is 1. The summed E-state index contributed by atoms with van der Waals surface area (Å²) in [5.41, 5.74) is 1.73. The Kier molecular flexibility index (Phi) is 8.27. The van der Waals surface area contributed by atoms with Gasteiger partial charge in [0.15, 0.2) is 5.78 Å². The third-order valence-electron chi connectivity index (χ3n) is 4.64. The quantitative estimate of drug-likeness (QED) is 0.418. The highest BCUT2D eigenvalue weighted by atomic mass is 16.5. The Balaban J connectivity index is 1.86. The second-order valence-electron chi connectivity index (χ2n) is 7.34. The van der Waals surface area contributed by atoms with Gasteiger partial charge in [-0.25, -0.2) is 0 Å². The van der Waals surface area contributed by atoms with Gasteiger partial charge >= 0.3 is 0 Å². The van der Waals surface area contributed by atoms with Crippen LogP contribution in [-0.4, -0.2) is 30.2 Å². The average Bonchev–Trinajstić information content (AvgIpc) is 2.68. The summed E-state index contributed by atoms with van der Waals surface area (Å²) in [7, 11) is 0. The number of para-hydroxylation sites is 1. The number of benzene rings is 2. The van der Waals surface area contributed by atoms with Crippen molar-refractivity contribution in [3.8, 4) is 5.75 Å². The molecule has 0 unspecified atom stereocenters. The van der Waals surface area contributed by atoms with E-state index in [1.54, 1.807) is 0 Å². The molecule has 0 amide bonds. The maximum atomic E-state index is 12.8. The van der Waals surface area contributed by atoms with E-state index in [0.717, 1.165) is 11.3 Å². The molecule has 0 aliphatic heterocycles. The number of ether oxygens (including phenoxy) is 2. The molecule has 2 atom stereocenters. The Morgan fingerprint density at radius 3 is 2.21 bits per heavy atom. The van der Waals surface area contributed by atoms with Crippen molar-refractivity contribution in [2.45, 2.75) is 39.2 Å². The molecular weight excluding hydrogens is 352 g/mol. The summed E-state index contributed by atoms with van der Waals surface area (Å²) in [6.45, 7) is 10.3. The van der Waals surface area contributed by atoms with Crippen molar-refractivity contribution < 1.29 is 19.4 Å². The Labute approximate surface area is 167 Å². The molecule has 0 aliphatic carbocycles. The van der Waals surface area contributed by atoms with E-state index in [4.69, 9.17) is 9.47 Å². The maximum Gasteiger partial charge on any atom is 0.162 e. The van der Waals surface area contributed by atoms with E-state index in [1.807, 2.05) is 75.4 Å². The largest absolute Gasteiger partial charge is 0.508 e. The first-order valence-corrected chi connectivity index (χ1v) is 9.69. The lowest BCUT2D eigenvalue weighted by Gasteiger charge is -2.22. The molecular formula is C24H30O4. The van der Waals surface area contributed by atoms with E-state index in [-0.39, 0.29) is 23.4 Å². The molecule has 0 aromatic heterocycles. The van der Waals surface area contributed by atoms with Gasteiger partial charge in [0, 0.05) is 12.0 Å². The highest BCUT2D eigenvalue weighted by Crippen LogP contribution is 2.23. The number of hydrogen-bond acceptors (Lipinski definition) is 4. The van der Waals surface area contributed by atoms with Gasteiger partial charge in [-0.05, 0) is 29.5 Å². The van der Waals surface area contributed by atoms with Crippen LogP contribution in [0.4, 0.5) is 0 Å². The third kappa shape index (κ3) is 6.54. The predicted octanol–water partition coefficient (Wildman–Crippen LogP) is 5.40. The van der Waals surface area contributed by atoms with Crippen molar-refractivity contribution in [2.75, 3.05) is 13.2 Å². The fourth-order valence-electron chi connectivity index (χ4n) is 3.05. The summed E-state index contributed by atoms with van der Waals surface area (Å²) in [6, 6.07) is 17.0. The molecule has 0 spiro atoms. The van der Waals surface area contributed by atoms with Gasteiger partial charge < -0.3 is 14.6 Å². The SMILES string of the molecule is C=C(O)c1ccc([C@H](C)CC(=O)[C@H](OCCOc2ccccc2)C(C)C)cc1. The van der Waals surface area contributed by atoms with Crippen molar-refractivity contribution in [1.29, 1.82) is 0 Å². The Bertz CT molecular complexity index is 750. The molecule has 0 bridgehead atoms. The summed E-state index contributed by atoms with van der Waals surface area (Å²) in [4.78, 5) is 12.8.